The van der Waals surface area contributed by atoms with Crippen LogP contribution in [0.15, 0.2) is 18.2 Å². The molecule has 1 aromatic rings. The number of nitrogens with zero attached hydrogens (tertiary/aromatic N) is 1. The number of rotatable bonds is 6. The van der Waals surface area contributed by atoms with Crippen LogP contribution in [0.3, 0.4) is 0 Å². The number of hydrogen-bond donors (Lipinski definition) is 1. The predicted molar refractivity (Wildman–Crippen MR) is 80.7 cm³/mol. The Morgan fingerprint density at radius 3 is 2.65 bits per heavy atom. The van der Waals surface area contributed by atoms with E-state index in [1.165, 1.54) is 31.4 Å². The molecule has 0 radical (unpaired) electrons. The molecule has 0 aliphatic carbocycles. The second-order valence-corrected chi connectivity index (χ2v) is 5.34. The Labute approximate surface area is 121 Å². The molecule has 0 bridgehead atoms. The quantitative estimate of drug-likeness (QED) is 0.811. The van der Waals surface area contributed by atoms with Crippen molar-refractivity contribution in [2.75, 3.05) is 38.3 Å². The van der Waals surface area contributed by atoms with Crippen LogP contribution in [0.5, 0.6) is 0 Å². The van der Waals surface area contributed by atoms with Crippen LogP contribution in [0.25, 0.3) is 0 Å². The smallest absolute Gasteiger partial charge is 0.123 e. The van der Waals surface area contributed by atoms with E-state index in [2.05, 4.69) is 10.2 Å². The number of halogens is 1. The van der Waals surface area contributed by atoms with Crippen molar-refractivity contribution in [1.82, 2.24) is 5.32 Å². The molecule has 1 aromatic carbocycles. The number of methoxy groups -OCH3 is 1. The molecule has 0 amide bonds. The number of ether oxygens (including phenoxy) is 1. The lowest BCUT2D eigenvalue weighted by atomic mass is 10.1. The summed E-state index contributed by atoms with van der Waals surface area (Å²) in [4.78, 5) is 2.40. The molecule has 3 nitrogen and oxygen atoms in total. The van der Waals surface area contributed by atoms with E-state index < -0.39 is 0 Å². The van der Waals surface area contributed by atoms with Gasteiger partial charge in [0.15, 0.2) is 0 Å². The van der Waals surface area contributed by atoms with Gasteiger partial charge in [-0.1, -0.05) is 12.8 Å². The maximum Gasteiger partial charge on any atom is 0.123 e. The fourth-order valence-electron chi connectivity index (χ4n) is 2.71. The van der Waals surface area contributed by atoms with E-state index >= 15 is 0 Å². The molecule has 112 valence electrons. The molecule has 0 unspecified atom stereocenters. The number of hydrogen-bond acceptors (Lipinski definition) is 3. The van der Waals surface area contributed by atoms with Gasteiger partial charge >= 0.3 is 0 Å². The summed E-state index contributed by atoms with van der Waals surface area (Å²) in [5, 5.41) is 3.31. The van der Waals surface area contributed by atoms with E-state index in [0.29, 0.717) is 13.2 Å². The van der Waals surface area contributed by atoms with Crippen molar-refractivity contribution in [2.24, 2.45) is 0 Å². The van der Waals surface area contributed by atoms with Crippen LogP contribution in [0, 0.1) is 5.82 Å². The summed E-state index contributed by atoms with van der Waals surface area (Å²) < 4.78 is 18.5. The fourth-order valence-corrected chi connectivity index (χ4v) is 2.71. The molecule has 0 spiro atoms. The Morgan fingerprint density at radius 1 is 1.20 bits per heavy atom. The maximum atomic E-state index is 13.5. The van der Waals surface area contributed by atoms with Gasteiger partial charge in [0, 0.05) is 39.0 Å². The third kappa shape index (κ3) is 4.46. The summed E-state index contributed by atoms with van der Waals surface area (Å²) >= 11 is 0. The van der Waals surface area contributed by atoms with Crippen LogP contribution < -0.4 is 10.2 Å². The average molecular weight is 280 g/mol. The lowest BCUT2D eigenvalue weighted by molar-refractivity contribution is 0.199. The molecule has 1 fully saturated rings. The lowest BCUT2D eigenvalue weighted by Gasteiger charge is -2.25. The first-order valence-electron chi connectivity index (χ1n) is 7.54. The Balaban J connectivity index is 2.05. The minimum Gasteiger partial charge on any atom is -0.383 e. The number of nitrogens with one attached hydrogen (secondary N) is 1. The van der Waals surface area contributed by atoms with Gasteiger partial charge in [0.2, 0.25) is 0 Å². The summed E-state index contributed by atoms with van der Waals surface area (Å²) in [5.41, 5.74) is 2.22. The summed E-state index contributed by atoms with van der Waals surface area (Å²) in [6.07, 6.45) is 5.07. The Hall–Kier alpha value is -1.13. The second kappa shape index (κ2) is 8.22. The highest BCUT2D eigenvalue weighted by Crippen LogP contribution is 2.24. The topological polar surface area (TPSA) is 24.5 Å². The zero-order valence-electron chi connectivity index (χ0n) is 12.3. The zero-order valence-corrected chi connectivity index (χ0v) is 12.3. The molecule has 0 aromatic heterocycles. The van der Waals surface area contributed by atoms with Crippen LogP contribution in [0.4, 0.5) is 10.1 Å². The maximum absolute atomic E-state index is 13.5. The van der Waals surface area contributed by atoms with Crippen molar-refractivity contribution in [3.05, 3.63) is 29.6 Å². The Bertz CT molecular complexity index is 403. The molecule has 1 aliphatic rings. The minimum absolute atomic E-state index is 0.160. The van der Waals surface area contributed by atoms with Gasteiger partial charge in [-0.25, -0.2) is 4.39 Å². The Kier molecular flexibility index (Phi) is 6.27. The largest absolute Gasteiger partial charge is 0.383 e. The molecular formula is C16H25FN2O. The molecule has 1 heterocycles. The highest BCUT2D eigenvalue weighted by Gasteiger charge is 2.14. The number of benzene rings is 1. The third-order valence-corrected chi connectivity index (χ3v) is 3.79. The first-order chi connectivity index (χ1) is 9.81. The normalized spacial score (nSPS) is 16.2. The lowest BCUT2D eigenvalue weighted by Crippen LogP contribution is -2.27. The van der Waals surface area contributed by atoms with Crippen LogP contribution in [-0.2, 0) is 11.3 Å². The van der Waals surface area contributed by atoms with Crippen LogP contribution in [0.1, 0.15) is 31.2 Å². The standard InChI is InChI=1S/C16H25FN2O/c1-20-11-8-18-13-14-12-15(17)6-7-16(14)19-9-4-2-3-5-10-19/h6-7,12,18H,2-5,8-11,13H2,1H3. The van der Waals surface area contributed by atoms with Crippen molar-refractivity contribution >= 4 is 5.69 Å². The molecule has 1 aliphatic heterocycles. The highest BCUT2D eigenvalue weighted by atomic mass is 19.1. The molecular weight excluding hydrogens is 255 g/mol. The SMILES string of the molecule is COCCNCc1cc(F)ccc1N1CCCCCC1. The second-order valence-electron chi connectivity index (χ2n) is 5.34. The van der Waals surface area contributed by atoms with Crippen molar-refractivity contribution in [3.63, 3.8) is 0 Å². The Morgan fingerprint density at radius 2 is 1.95 bits per heavy atom. The van der Waals surface area contributed by atoms with Gasteiger partial charge in [-0.15, -0.1) is 0 Å². The van der Waals surface area contributed by atoms with Gasteiger partial charge in [0.05, 0.1) is 6.61 Å². The van der Waals surface area contributed by atoms with Crippen LogP contribution in [0.2, 0.25) is 0 Å². The molecule has 0 atom stereocenters. The van der Waals surface area contributed by atoms with E-state index in [9.17, 15) is 4.39 Å². The van der Waals surface area contributed by atoms with Crippen LogP contribution in [-0.4, -0.2) is 33.4 Å². The van der Waals surface area contributed by atoms with E-state index in [1.54, 1.807) is 19.2 Å². The molecule has 4 heteroatoms. The highest BCUT2D eigenvalue weighted by molar-refractivity contribution is 5.54. The first kappa shape index (κ1) is 15.3. The summed E-state index contributed by atoms with van der Waals surface area (Å²) in [6, 6.07) is 5.15. The average Bonchev–Trinajstić information content (AvgIpc) is 2.73. The van der Waals surface area contributed by atoms with E-state index in [1.807, 2.05) is 6.07 Å². The molecule has 0 saturated carbocycles. The summed E-state index contributed by atoms with van der Waals surface area (Å²) in [5.74, 6) is -0.160. The van der Waals surface area contributed by atoms with E-state index in [4.69, 9.17) is 4.74 Å². The van der Waals surface area contributed by atoms with Gasteiger partial charge in [0.25, 0.3) is 0 Å². The van der Waals surface area contributed by atoms with E-state index in [-0.39, 0.29) is 5.82 Å². The minimum atomic E-state index is -0.160. The van der Waals surface area contributed by atoms with E-state index in [0.717, 1.165) is 25.2 Å². The molecule has 20 heavy (non-hydrogen) atoms. The fraction of sp³-hybridized carbons (Fsp3) is 0.625. The molecule has 1 N–H and O–H groups in total. The summed E-state index contributed by atoms with van der Waals surface area (Å²) in [6.45, 7) is 4.31. The van der Waals surface area contributed by atoms with Crippen molar-refractivity contribution in [3.8, 4) is 0 Å². The first-order valence-corrected chi connectivity index (χ1v) is 7.54. The summed E-state index contributed by atoms with van der Waals surface area (Å²) in [7, 11) is 1.69. The number of anilines is 1. The molecule has 1 saturated heterocycles. The predicted octanol–water partition coefficient (Wildman–Crippen LogP) is 2.94. The van der Waals surface area contributed by atoms with Gasteiger partial charge in [-0.3, -0.25) is 0 Å². The van der Waals surface area contributed by atoms with Crippen molar-refractivity contribution in [2.45, 2.75) is 32.2 Å². The van der Waals surface area contributed by atoms with Crippen LogP contribution >= 0.6 is 0 Å². The van der Waals surface area contributed by atoms with Crippen molar-refractivity contribution < 1.29 is 9.13 Å². The van der Waals surface area contributed by atoms with Gasteiger partial charge in [-0.05, 0) is 36.6 Å². The van der Waals surface area contributed by atoms with Gasteiger partial charge < -0.3 is 15.0 Å². The molecule has 2 rings (SSSR count). The van der Waals surface area contributed by atoms with Gasteiger partial charge in [-0.2, -0.15) is 0 Å². The van der Waals surface area contributed by atoms with Gasteiger partial charge in [0.1, 0.15) is 5.82 Å². The monoisotopic (exact) mass is 280 g/mol. The van der Waals surface area contributed by atoms with Crippen molar-refractivity contribution in [1.29, 1.82) is 0 Å². The zero-order chi connectivity index (χ0) is 14.2. The third-order valence-electron chi connectivity index (χ3n) is 3.79.